The Morgan fingerprint density at radius 3 is 2.56 bits per heavy atom. The van der Waals surface area contributed by atoms with E-state index in [-0.39, 0.29) is 5.84 Å². The molecule has 0 aliphatic carbocycles. The summed E-state index contributed by atoms with van der Waals surface area (Å²) >= 11 is 0. The molecule has 0 radical (unpaired) electrons. The van der Waals surface area contributed by atoms with Crippen LogP contribution in [0.15, 0.2) is 12.4 Å². The number of anilines is 1. The molecule has 1 aliphatic heterocycles. The molecule has 7 heteroatoms. The van der Waals surface area contributed by atoms with Gasteiger partial charge in [0.15, 0.2) is 0 Å². The van der Waals surface area contributed by atoms with Gasteiger partial charge in [-0.25, -0.2) is 9.97 Å². The van der Waals surface area contributed by atoms with E-state index in [9.17, 15) is 4.21 Å². The molecule has 0 amide bonds. The maximum atomic E-state index is 11.2. The minimum absolute atomic E-state index is 0.0844. The van der Waals surface area contributed by atoms with Crippen LogP contribution in [0.3, 0.4) is 0 Å². The smallest absolute Gasteiger partial charge is 0.147 e. The monoisotopic (exact) mass is 239 g/mol. The van der Waals surface area contributed by atoms with Crippen LogP contribution >= 0.6 is 0 Å². The molecule has 0 bridgehead atoms. The van der Waals surface area contributed by atoms with Crippen molar-refractivity contribution in [1.29, 1.82) is 5.41 Å². The summed E-state index contributed by atoms with van der Waals surface area (Å²) in [7, 11) is -0.690. The third-order valence-electron chi connectivity index (χ3n) is 2.42. The van der Waals surface area contributed by atoms with E-state index in [4.69, 9.17) is 11.1 Å². The number of nitrogens with zero attached hydrogens (tertiary/aromatic N) is 3. The summed E-state index contributed by atoms with van der Waals surface area (Å²) in [6.45, 7) is 1.47. The molecular weight excluding hydrogens is 226 g/mol. The molecule has 0 unspecified atom stereocenters. The first-order valence-electron chi connectivity index (χ1n) is 4.93. The van der Waals surface area contributed by atoms with Gasteiger partial charge in [-0.1, -0.05) is 0 Å². The lowest BCUT2D eigenvalue weighted by atomic mass is 10.4. The normalized spacial score (nSPS) is 17.4. The molecule has 0 spiro atoms. The van der Waals surface area contributed by atoms with Crippen LogP contribution < -0.4 is 10.6 Å². The van der Waals surface area contributed by atoms with E-state index in [0.717, 1.165) is 18.9 Å². The largest absolute Gasteiger partial charge is 0.382 e. The molecule has 0 saturated carbocycles. The van der Waals surface area contributed by atoms with Crippen LogP contribution in [0, 0.1) is 5.41 Å². The van der Waals surface area contributed by atoms with E-state index < -0.39 is 10.8 Å². The highest BCUT2D eigenvalue weighted by Gasteiger charge is 2.16. The zero-order chi connectivity index (χ0) is 11.5. The van der Waals surface area contributed by atoms with Crippen LogP contribution in [0.2, 0.25) is 0 Å². The molecular formula is C9H13N5OS. The number of rotatable bonds is 2. The second kappa shape index (κ2) is 4.56. The van der Waals surface area contributed by atoms with Crippen molar-refractivity contribution in [2.45, 2.75) is 0 Å². The average molecular weight is 239 g/mol. The van der Waals surface area contributed by atoms with Crippen molar-refractivity contribution in [3.05, 3.63) is 18.1 Å². The van der Waals surface area contributed by atoms with Gasteiger partial charge in [-0.15, -0.1) is 0 Å². The predicted octanol–water partition coefficient (Wildman–Crippen LogP) is -0.671. The van der Waals surface area contributed by atoms with Gasteiger partial charge in [-0.3, -0.25) is 9.62 Å². The molecule has 1 aromatic heterocycles. The van der Waals surface area contributed by atoms with Crippen LogP contribution in [0.4, 0.5) is 5.82 Å². The van der Waals surface area contributed by atoms with Crippen LogP contribution in [0.5, 0.6) is 0 Å². The number of amidine groups is 1. The molecule has 3 N–H and O–H groups in total. The Kier molecular flexibility index (Phi) is 3.14. The summed E-state index contributed by atoms with van der Waals surface area (Å²) in [6, 6.07) is 0. The Bertz CT molecular complexity index is 408. The molecule has 1 aromatic rings. The van der Waals surface area contributed by atoms with Gasteiger partial charge in [0.05, 0.1) is 12.4 Å². The second-order valence-corrected chi connectivity index (χ2v) is 5.20. The molecule has 2 heterocycles. The van der Waals surface area contributed by atoms with E-state index in [1.165, 1.54) is 6.20 Å². The third-order valence-corrected chi connectivity index (χ3v) is 3.69. The highest BCUT2D eigenvalue weighted by Crippen LogP contribution is 2.11. The average Bonchev–Trinajstić information content (AvgIpc) is 2.30. The van der Waals surface area contributed by atoms with Crippen LogP contribution in [0.25, 0.3) is 0 Å². The van der Waals surface area contributed by atoms with E-state index in [1.807, 2.05) is 4.90 Å². The third kappa shape index (κ3) is 2.35. The summed E-state index contributed by atoms with van der Waals surface area (Å²) in [4.78, 5) is 10.3. The fraction of sp³-hybridized carbons (Fsp3) is 0.444. The number of aromatic nitrogens is 2. The molecule has 86 valence electrons. The lowest BCUT2D eigenvalue weighted by Gasteiger charge is -2.26. The zero-order valence-electron chi connectivity index (χ0n) is 8.72. The molecule has 0 aromatic carbocycles. The first kappa shape index (κ1) is 11.0. The van der Waals surface area contributed by atoms with Gasteiger partial charge in [-0.2, -0.15) is 0 Å². The standard InChI is InChI=1S/C9H13N5OS/c10-9(11)7-5-13-8(6-12-7)14-1-3-16(15)4-2-14/h5-6H,1-4H2,(H3,10,11). The van der Waals surface area contributed by atoms with Gasteiger partial charge in [0.2, 0.25) is 0 Å². The summed E-state index contributed by atoms with van der Waals surface area (Å²) in [5, 5.41) is 7.20. The number of nitrogens with one attached hydrogen (secondary N) is 1. The molecule has 0 atom stereocenters. The molecule has 1 fully saturated rings. The van der Waals surface area contributed by atoms with Crippen molar-refractivity contribution in [2.75, 3.05) is 29.5 Å². The predicted molar refractivity (Wildman–Crippen MR) is 63.1 cm³/mol. The highest BCUT2D eigenvalue weighted by atomic mass is 32.2. The topological polar surface area (TPSA) is 96.0 Å². The second-order valence-electron chi connectivity index (χ2n) is 3.51. The minimum atomic E-state index is -0.690. The summed E-state index contributed by atoms with van der Waals surface area (Å²) in [6.07, 6.45) is 3.09. The van der Waals surface area contributed by atoms with Gasteiger partial charge in [0.1, 0.15) is 17.3 Å². The highest BCUT2D eigenvalue weighted by molar-refractivity contribution is 7.85. The van der Waals surface area contributed by atoms with Crippen LogP contribution in [-0.4, -0.2) is 44.6 Å². The number of hydrogen-bond donors (Lipinski definition) is 2. The Hall–Kier alpha value is -1.50. The van der Waals surface area contributed by atoms with Crippen molar-refractivity contribution in [3.63, 3.8) is 0 Å². The van der Waals surface area contributed by atoms with Crippen LogP contribution in [0.1, 0.15) is 5.69 Å². The Morgan fingerprint density at radius 2 is 2.06 bits per heavy atom. The number of nitrogen functional groups attached to an aromatic ring is 1. The molecule has 2 rings (SSSR count). The van der Waals surface area contributed by atoms with E-state index in [1.54, 1.807) is 6.20 Å². The molecule has 1 saturated heterocycles. The van der Waals surface area contributed by atoms with Gasteiger partial charge in [0.25, 0.3) is 0 Å². The van der Waals surface area contributed by atoms with Crippen LogP contribution in [-0.2, 0) is 10.8 Å². The van der Waals surface area contributed by atoms with Crippen molar-refractivity contribution < 1.29 is 4.21 Å². The fourth-order valence-electron chi connectivity index (χ4n) is 1.49. The SMILES string of the molecule is N=C(N)c1cnc(N2CCS(=O)CC2)cn1. The first-order chi connectivity index (χ1) is 7.66. The maximum absolute atomic E-state index is 11.2. The quantitative estimate of drug-likeness (QED) is 0.527. The first-order valence-corrected chi connectivity index (χ1v) is 6.42. The number of nitrogens with two attached hydrogens (primary N) is 1. The Balaban J connectivity index is 2.10. The van der Waals surface area contributed by atoms with Gasteiger partial charge in [-0.05, 0) is 0 Å². The summed E-state index contributed by atoms with van der Waals surface area (Å²) in [5.74, 6) is 2.02. The zero-order valence-corrected chi connectivity index (χ0v) is 9.54. The van der Waals surface area contributed by atoms with Crippen molar-refractivity contribution in [3.8, 4) is 0 Å². The Morgan fingerprint density at radius 1 is 1.38 bits per heavy atom. The number of hydrogen-bond acceptors (Lipinski definition) is 5. The molecule has 6 nitrogen and oxygen atoms in total. The lowest BCUT2D eigenvalue weighted by Crippen LogP contribution is -2.38. The van der Waals surface area contributed by atoms with Gasteiger partial charge >= 0.3 is 0 Å². The molecule has 1 aliphatic rings. The minimum Gasteiger partial charge on any atom is -0.382 e. The van der Waals surface area contributed by atoms with Gasteiger partial charge in [0, 0.05) is 35.4 Å². The van der Waals surface area contributed by atoms with Gasteiger partial charge < -0.3 is 10.6 Å². The van der Waals surface area contributed by atoms with Crippen molar-refractivity contribution >= 4 is 22.5 Å². The van der Waals surface area contributed by atoms with E-state index in [2.05, 4.69) is 9.97 Å². The lowest BCUT2D eigenvalue weighted by molar-refractivity contribution is 0.672. The summed E-state index contributed by atoms with van der Waals surface area (Å²) < 4.78 is 11.2. The summed E-state index contributed by atoms with van der Waals surface area (Å²) in [5.41, 5.74) is 5.67. The maximum Gasteiger partial charge on any atom is 0.147 e. The Labute approximate surface area is 95.8 Å². The van der Waals surface area contributed by atoms with E-state index in [0.29, 0.717) is 17.2 Å². The molecule has 16 heavy (non-hydrogen) atoms. The van der Waals surface area contributed by atoms with E-state index >= 15 is 0 Å². The fourth-order valence-corrected chi connectivity index (χ4v) is 2.54. The van der Waals surface area contributed by atoms with Crippen molar-refractivity contribution in [1.82, 2.24) is 9.97 Å². The van der Waals surface area contributed by atoms with Crippen molar-refractivity contribution in [2.24, 2.45) is 5.73 Å².